The first-order valence-electron chi connectivity index (χ1n) is 13.0. The summed E-state index contributed by atoms with van der Waals surface area (Å²) in [5, 5.41) is 2.90. The van der Waals surface area contributed by atoms with E-state index in [-0.39, 0.29) is 41.7 Å². The zero-order valence-electron chi connectivity index (χ0n) is 22.1. The second-order valence-electron chi connectivity index (χ2n) is 9.40. The van der Waals surface area contributed by atoms with Gasteiger partial charge in [0, 0.05) is 25.2 Å². The van der Waals surface area contributed by atoms with E-state index in [1.165, 1.54) is 34.5 Å². The highest BCUT2D eigenvalue weighted by Gasteiger charge is 2.35. The summed E-state index contributed by atoms with van der Waals surface area (Å²) in [7, 11) is -2.56. The SMILES string of the molecule is COc1ccc(C(=O)N2C[C@@H](C(=O)NCCc3ccccc3)Oc3ccccc32)cc1S(=O)(=O)N1CCOCC1. The van der Waals surface area contributed by atoms with Crippen LogP contribution >= 0.6 is 0 Å². The topological polar surface area (TPSA) is 114 Å². The van der Waals surface area contributed by atoms with Crippen LogP contribution in [-0.2, 0) is 26.0 Å². The Labute approximate surface area is 233 Å². The number of methoxy groups -OCH3 is 1. The minimum atomic E-state index is -3.94. The fraction of sp³-hybridized carbons (Fsp3) is 0.310. The van der Waals surface area contributed by atoms with Crippen molar-refractivity contribution in [1.29, 1.82) is 0 Å². The predicted molar refractivity (Wildman–Crippen MR) is 148 cm³/mol. The normalized spacial score (nSPS) is 17.4. The number of carbonyl (C=O) groups is 2. The molecule has 5 rings (SSSR count). The lowest BCUT2D eigenvalue weighted by molar-refractivity contribution is -0.127. The molecule has 2 heterocycles. The summed E-state index contributed by atoms with van der Waals surface area (Å²) in [5.74, 6) is -0.270. The molecule has 1 atom stereocenters. The van der Waals surface area contributed by atoms with Crippen LogP contribution in [0.3, 0.4) is 0 Å². The van der Waals surface area contributed by atoms with Gasteiger partial charge in [-0.25, -0.2) is 8.42 Å². The third kappa shape index (κ3) is 5.81. The zero-order valence-corrected chi connectivity index (χ0v) is 22.9. The molecule has 11 heteroatoms. The number of hydrogen-bond donors (Lipinski definition) is 1. The highest BCUT2D eigenvalue weighted by Crippen LogP contribution is 2.35. The van der Waals surface area contributed by atoms with E-state index in [4.69, 9.17) is 14.2 Å². The number of ether oxygens (including phenoxy) is 3. The molecule has 2 amide bonds. The van der Waals surface area contributed by atoms with Gasteiger partial charge < -0.3 is 24.4 Å². The number of morpholine rings is 1. The van der Waals surface area contributed by atoms with E-state index < -0.39 is 22.0 Å². The van der Waals surface area contributed by atoms with Crippen LogP contribution < -0.4 is 19.7 Å². The summed E-state index contributed by atoms with van der Waals surface area (Å²) in [6, 6.07) is 21.1. The summed E-state index contributed by atoms with van der Waals surface area (Å²) < 4.78 is 44.8. The number of nitrogens with one attached hydrogen (secondary N) is 1. The van der Waals surface area contributed by atoms with Gasteiger partial charge in [0.15, 0.2) is 6.10 Å². The highest BCUT2D eigenvalue weighted by molar-refractivity contribution is 7.89. The van der Waals surface area contributed by atoms with Crippen LogP contribution in [0.2, 0.25) is 0 Å². The van der Waals surface area contributed by atoms with E-state index in [0.29, 0.717) is 37.6 Å². The maximum Gasteiger partial charge on any atom is 0.262 e. The lowest BCUT2D eigenvalue weighted by Gasteiger charge is -2.34. The number of rotatable bonds is 8. The zero-order chi connectivity index (χ0) is 28.1. The monoisotopic (exact) mass is 565 g/mol. The average molecular weight is 566 g/mol. The third-order valence-electron chi connectivity index (χ3n) is 6.87. The van der Waals surface area contributed by atoms with E-state index >= 15 is 0 Å². The van der Waals surface area contributed by atoms with Gasteiger partial charge in [-0.1, -0.05) is 42.5 Å². The molecule has 210 valence electrons. The number of hydrogen-bond acceptors (Lipinski definition) is 7. The largest absolute Gasteiger partial charge is 0.495 e. The fourth-order valence-electron chi connectivity index (χ4n) is 4.75. The molecule has 1 saturated heterocycles. The second kappa shape index (κ2) is 12.1. The van der Waals surface area contributed by atoms with E-state index in [2.05, 4.69) is 5.32 Å². The van der Waals surface area contributed by atoms with Crippen LogP contribution in [0, 0.1) is 0 Å². The lowest BCUT2D eigenvalue weighted by Crippen LogP contribution is -2.51. The van der Waals surface area contributed by atoms with E-state index in [1.807, 2.05) is 30.3 Å². The van der Waals surface area contributed by atoms with Gasteiger partial charge in [-0.3, -0.25) is 9.59 Å². The molecular formula is C29H31N3O7S. The van der Waals surface area contributed by atoms with Gasteiger partial charge >= 0.3 is 0 Å². The molecule has 0 saturated carbocycles. The van der Waals surface area contributed by atoms with Crippen LogP contribution in [0.25, 0.3) is 0 Å². The fourth-order valence-corrected chi connectivity index (χ4v) is 6.33. The Morgan fingerprint density at radius 3 is 2.48 bits per heavy atom. The minimum Gasteiger partial charge on any atom is -0.495 e. The molecule has 3 aromatic rings. The molecule has 3 aromatic carbocycles. The van der Waals surface area contributed by atoms with Crippen molar-refractivity contribution >= 4 is 27.5 Å². The first kappa shape index (κ1) is 27.6. The average Bonchev–Trinajstić information content (AvgIpc) is 3.00. The van der Waals surface area contributed by atoms with Gasteiger partial charge in [-0.2, -0.15) is 4.31 Å². The highest BCUT2D eigenvalue weighted by atomic mass is 32.2. The Morgan fingerprint density at radius 1 is 1.00 bits per heavy atom. The molecular weight excluding hydrogens is 534 g/mol. The number of carbonyl (C=O) groups excluding carboxylic acids is 2. The third-order valence-corrected chi connectivity index (χ3v) is 8.79. The van der Waals surface area contributed by atoms with Crippen LogP contribution in [0.5, 0.6) is 11.5 Å². The van der Waals surface area contributed by atoms with Gasteiger partial charge in [0.1, 0.15) is 16.4 Å². The summed E-state index contributed by atoms with van der Waals surface area (Å²) in [6.07, 6.45) is -0.283. The minimum absolute atomic E-state index is 0.0371. The maximum atomic E-state index is 13.9. The molecule has 0 aromatic heterocycles. The smallest absolute Gasteiger partial charge is 0.262 e. The summed E-state index contributed by atoms with van der Waals surface area (Å²) in [5.41, 5.74) is 1.73. The van der Waals surface area contributed by atoms with Gasteiger partial charge in [0.25, 0.3) is 11.8 Å². The quantitative estimate of drug-likeness (QED) is 0.446. The van der Waals surface area contributed by atoms with Crippen molar-refractivity contribution in [2.24, 2.45) is 0 Å². The van der Waals surface area contributed by atoms with Crippen molar-refractivity contribution in [3.8, 4) is 11.5 Å². The molecule has 2 aliphatic rings. The molecule has 0 aliphatic carbocycles. The van der Waals surface area contributed by atoms with Crippen molar-refractivity contribution < 1.29 is 32.2 Å². The molecule has 0 bridgehead atoms. The van der Waals surface area contributed by atoms with Crippen LogP contribution in [0.4, 0.5) is 5.69 Å². The Kier molecular flexibility index (Phi) is 8.34. The standard InChI is InChI=1S/C29H31N3O7S/c1-37-25-12-11-22(19-27(25)40(35,36)31-15-17-38-18-16-31)29(34)32-20-26(39-24-10-6-5-9-23(24)32)28(33)30-14-13-21-7-3-2-4-8-21/h2-12,19,26H,13-18,20H2,1H3,(H,30,33)/t26-/m0/s1. The van der Waals surface area contributed by atoms with E-state index in [1.54, 1.807) is 24.3 Å². The molecule has 0 unspecified atom stereocenters. The van der Waals surface area contributed by atoms with Crippen LogP contribution in [0.15, 0.2) is 77.7 Å². The molecule has 2 aliphatic heterocycles. The number of anilines is 1. The maximum absolute atomic E-state index is 13.9. The number of fused-ring (bicyclic) bond motifs is 1. The molecule has 0 radical (unpaired) electrons. The first-order chi connectivity index (χ1) is 19.4. The molecule has 10 nitrogen and oxygen atoms in total. The number of benzene rings is 3. The van der Waals surface area contributed by atoms with Crippen LogP contribution in [-0.4, -0.2) is 77.1 Å². The number of para-hydroxylation sites is 2. The predicted octanol–water partition coefficient (Wildman–Crippen LogP) is 2.48. The van der Waals surface area contributed by atoms with Crippen molar-refractivity contribution in [3.63, 3.8) is 0 Å². The molecule has 1 fully saturated rings. The summed E-state index contributed by atoms with van der Waals surface area (Å²) in [6.45, 7) is 1.38. The Balaban J connectivity index is 1.38. The Bertz CT molecular complexity index is 1470. The Hall–Kier alpha value is -3.93. The number of nitrogens with zero attached hydrogens (tertiary/aromatic N) is 2. The number of amides is 2. The van der Waals surface area contributed by atoms with Crippen LogP contribution in [0.1, 0.15) is 15.9 Å². The second-order valence-corrected chi connectivity index (χ2v) is 11.3. The van der Waals surface area contributed by atoms with E-state index in [0.717, 1.165) is 5.56 Å². The van der Waals surface area contributed by atoms with Gasteiger partial charge in [0.05, 0.1) is 32.6 Å². The van der Waals surface area contributed by atoms with Crippen molar-refractivity contribution in [1.82, 2.24) is 9.62 Å². The van der Waals surface area contributed by atoms with Crippen molar-refractivity contribution in [3.05, 3.63) is 83.9 Å². The molecule has 0 spiro atoms. The van der Waals surface area contributed by atoms with Crippen molar-refractivity contribution in [2.75, 3.05) is 51.4 Å². The molecule has 40 heavy (non-hydrogen) atoms. The van der Waals surface area contributed by atoms with Gasteiger partial charge in [-0.05, 0) is 42.3 Å². The lowest BCUT2D eigenvalue weighted by atomic mass is 10.1. The summed E-state index contributed by atoms with van der Waals surface area (Å²) >= 11 is 0. The summed E-state index contributed by atoms with van der Waals surface area (Å²) in [4.78, 5) is 28.3. The number of sulfonamides is 1. The Morgan fingerprint density at radius 2 is 1.73 bits per heavy atom. The molecule has 1 N–H and O–H groups in total. The van der Waals surface area contributed by atoms with Gasteiger partial charge in [-0.15, -0.1) is 0 Å². The van der Waals surface area contributed by atoms with Gasteiger partial charge in [0.2, 0.25) is 10.0 Å². The first-order valence-corrected chi connectivity index (χ1v) is 14.5. The van der Waals surface area contributed by atoms with E-state index in [9.17, 15) is 18.0 Å². The van der Waals surface area contributed by atoms with Crippen molar-refractivity contribution in [2.45, 2.75) is 17.4 Å².